The average molecular weight is 388 g/mol. The number of benzene rings is 1. The van der Waals surface area contributed by atoms with Crippen molar-refractivity contribution in [3.8, 4) is 0 Å². The van der Waals surface area contributed by atoms with E-state index in [1.54, 1.807) is 27.6 Å². The van der Waals surface area contributed by atoms with Crippen molar-refractivity contribution in [2.75, 3.05) is 20.6 Å². The van der Waals surface area contributed by atoms with Gasteiger partial charge in [-0.3, -0.25) is 9.59 Å². The minimum Gasteiger partial charge on any atom is -0.315 e. The maximum Gasteiger partial charge on any atom is 0.260 e. The molecule has 0 atom stereocenters. The van der Waals surface area contributed by atoms with E-state index in [4.69, 9.17) is 0 Å². The number of aryl methyl sites for hydroxylation is 2. The van der Waals surface area contributed by atoms with Crippen molar-refractivity contribution >= 4 is 21.8 Å². The largest absolute Gasteiger partial charge is 0.315 e. The number of rotatable bonds is 6. The first-order valence-electron chi connectivity index (χ1n) is 9.75. The predicted molar refractivity (Wildman–Crippen MR) is 116 cm³/mol. The topological polar surface area (TPSA) is 60.1 Å². The molecule has 0 aliphatic carbocycles. The first-order valence-corrected chi connectivity index (χ1v) is 9.75. The molecule has 0 amide bonds. The van der Waals surface area contributed by atoms with Gasteiger partial charge in [0.15, 0.2) is 0 Å². The van der Waals surface area contributed by atoms with E-state index >= 15 is 0 Å². The molecule has 3 aromatic heterocycles. The Morgan fingerprint density at radius 2 is 1.41 bits per heavy atom. The van der Waals surface area contributed by atoms with Crippen LogP contribution in [-0.2, 0) is 19.5 Å². The molecule has 1 aromatic carbocycles. The van der Waals surface area contributed by atoms with Gasteiger partial charge >= 0.3 is 0 Å². The molecule has 0 fully saturated rings. The molecular formula is C23H24N4O2. The van der Waals surface area contributed by atoms with Crippen molar-refractivity contribution in [2.45, 2.75) is 19.5 Å². The van der Waals surface area contributed by atoms with Gasteiger partial charge in [0, 0.05) is 32.0 Å². The fourth-order valence-electron chi connectivity index (χ4n) is 3.46. The van der Waals surface area contributed by atoms with Gasteiger partial charge in [-0.05, 0) is 44.3 Å². The number of likely N-dealkylation sites (N-methyl/N-ethyl adjacent to an activating group) is 1. The highest BCUT2D eigenvalue weighted by molar-refractivity contribution is 5.91. The van der Waals surface area contributed by atoms with Crippen LogP contribution in [0.1, 0.15) is 5.56 Å². The molecule has 0 bridgehead atoms. The van der Waals surface area contributed by atoms with Crippen LogP contribution in [0.3, 0.4) is 0 Å². The highest BCUT2D eigenvalue weighted by Crippen LogP contribution is 2.14. The zero-order valence-corrected chi connectivity index (χ0v) is 16.7. The van der Waals surface area contributed by atoms with Crippen LogP contribution in [0, 0.1) is 0 Å². The summed E-state index contributed by atoms with van der Waals surface area (Å²) < 4.78 is 3.36. The van der Waals surface area contributed by atoms with Gasteiger partial charge in [0.1, 0.15) is 0 Å². The van der Waals surface area contributed by atoms with Crippen molar-refractivity contribution in [3.63, 3.8) is 0 Å². The van der Waals surface area contributed by atoms with Crippen LogP contribution in [0.4, 0.5) is 0 Å². The summed E-state index contributed by atoms with van der Waals surface area (Å²) in [6.45, 7) is 1.94. The number of fused-ring (bicyclic) bond motifs is 2. The van der Waals surface area contributed by atoms with Crippen molar-refractivity contribution in [2.24, 2.45) is 0 Å². The van der Waals surface area contributed by atoms with Crippen molar-refractivity contribution in [1.29, 1.82) is 0 Å². The third-order valence-electron chi connectivity index (χ3n) is 5.16. The molecule has 0 radical (unpaired) electrons. The van der Waals surface area contributed by atoms with Crippen LogP contribution in [-0.4, -0.2) is 39.7 Å². The summed E-state index contributed by atoms with van der Waals surface area (Å²) >= 11 is 0. The van der Waals surface area contributed by atoms with E-state index < -0.39 is 0 Å². The number of pyridine rings is 3. The molecule has 4 rings (SSSR count). The van der Waals surface area contributed by atoms with Gasteiger partial charge < -0.3 is 14.0 Å². The number of hydrogen-bond acceptors (Lipinski definition) is 4. The van der Waals surface area contributed by atoms with Crippen LogP contribution in [0.2, 0.25) is 0 Å². The Bertz CT molecular complexity index is 1270. The van der Waals surface area contributed by atoms with E-state index in [9.17, 15) is 9.59 Å². The summed E-state index contributed by atoms with van der Waals surface area (Å²) in [7, 11) is 3.94. The Morgan fingerprint density at radius 1 is 0.828 bits per heavy atom. The van der Waals surface area contributed by atoms with Crippen LogP contribution < -0.4 is 11.1 Å². The van der Waals surface area contributed by atoms with Crippen molar-refractivity contribution < 1.29 is 0 Å². The Labute approximate surface area is 168 Å². The quantitative estimate of drug-likeness (QED) is 0.476. The Balaban J connectivity index is 1.73. The molecule has 0 saturated carbocycles. The SMILES string of the molecule is CN(C)CCn1ccc2nc3ccn(CCc4ccccc4)c(=O)c3cc2c1=O. The van der Waals surface area contributed by atoms with Gasteiger partial charge in [0.05, 0.1) is 21.8 Å². The third-order valence-corrected chi connectivity index (χ3v) is 5.16. The molecule has 6 heteroatoms. The lowest BCUT2D eigenvalue weighted by Crippen LogP contribution is -2.26. The summed E-state index contributed by atoms with van der Waals surface area (Å²) in [4.78, 5) is 32.5. The zero-order chi connectivity index (χ0) is 20.4. The van der Waals surface area contributed by atoms with Crippen molar-refractivity contribution in [3.05, 3.63) is 87.2 Å². The van der Waals surface area contributed by atoms with E-state index in [1.807, 2.05) is 49.3 Å². The molecule has 0 unspecified atom stereocenters. The monoisotopic (exact) mass is 388 g/mol. The predicted octanol–water partition coefficient (Wildman–Crippen LogP) is 2.52. The lowest BCUT2D eigenvalue weighted by Gasteiger charge is -2.12. The summed E-state index contributed by atoms with van der Waals surface area (Å²) in [5, 5.41) is 0.965. The first kappa shape index (κ1) is 19.1. The van der Waals surface area contributed by atoms with Gasteiger partial charge in [-0.25, -0.2) is 4.98 Å². The minimum atomic E-state index is -0.115. The molecule has 3 heterocycles. The van der Waals surface area contributed by atoms with E-state index in [2.05, 4.69) is 17.1 Å². The molecule has 0 saturated heterocycles. The molecule has 29 heavy (non-hydrogen) atoms. The Morgan fingerprint density at radius 3 is 2.00 bits per heavy atom. The molecule has 148 valence electrons. The summed E-state index contributed by atoms with van der Waals surface area (Å²) in [6, 6.07) is 15.5. The lowest BCUT2D eigenvalue weighted by atomic mass is 10.1. The molecule has 0 N–H and O–H groups in total. The molecule has 0 spiro atoms. The fraction of sp³-hybridized carbons (Fsp3) is 0.261. The van der Waals surface area contributed by atoms with E-state index in [0.717, 1.165) is 13.0 Å². The van der Waals surface area contributed by atoms with E-state index in [1.165, 1.54) is 5.56 Å². The standard InChI is InChI=1S/C23H24N4O2/c1-25(2)14-15-27-13-10-21-19(23(27)29)16-18-20(24-21)9-12-26(22(18)28)11-8-17-6-4-3-5-7-17/h3-7,9-10,12-13,16H,8,11,14-15H2,1-2H3. The third kappa shape index (κ3) is 3.98. The first-order chi connectivity index (χ1) is 14.0. The van der Waals surface area contributed by atoms with Gasteiger partial charge in [-0.15, -0.1) is 0 Å². The van der Waals surface area contributed by atoms with Crippen LogP contribution in [0.15, 0.2) is 70.5 Å². The highest BCUT2D eigenvalue weighted by atomic mass is 16.1. The maximum absolute atomic E-state index is 13.0. The fourth-order valence-corrected chi connectivity index (χ4v) is 3.46. The summed E-state index contributed by atoms with van der Waals surface area (Å²) in [5.74, 6) is 0. The van der Waals surface area contributed by atoms with Crippen LogP contribution in [0.5, 0.6) is 0 Å². The van der Waals surface area contributed by atoms with Gasteiger partial charge in [0.2, 0.25) is 0 Å². The highest BCUT2D eigenvalue weighted by Gasteiger charge is 2.10. The molecule has 6 nitrogen and oxygen atoms in total. The second-order valence-corrected chi connectivity index (χ2v) is 7.52. The van der Waals surface area contributed by atoms with Gasteiger partial charge in [0.25, 0.3) is 11.1 Å². The Hall–Kier alpha value is -3.25. The molecular weight excluding hydrogens is 364 g/mol. The smallest absolute Gasteiger partial charge is 0.260 e. The maximum atomic E-state index is 13.0. The number of hydrogen-bond donors (Lipinski definition) is 0. The zero-order valence-electron chi connectivity index (χ0n) is 16.7. The molecule has 4 aromatic rings. The second-order valence-electron chi connectivity index (χ2n) is 7.52. The average Bonchev–Trinajstić information content (AvgIpc) is 2.73. The molecule has 0 aliphatic rings. The summed E-state index contributed by atoms with van der Waals surface area (Å²) in [5.41, 5.74) is 2.18. The van der Waals surface area contributed by atoms with Gasteiger partial charge in [-0.2, -0.15) is 0 Å². The van der Waals surface area contributed by atoms with E-state index in [-0.39, 0.29) is 11.1 Å². The summed E-state index contributed by atoms with van der Waals surface area (Å²) in [6.07, 6.45) is 4.32. The van der Waals surface area contributed by atoms with Gasteiger partial charge in [-0.1, -0.05) is 30.3 Å². The van der Waals surface area contributed by atoms with Crippen molar-refractivity contribution in [1.82, 2.24) is 19.0 Å². The van der Waals surface area contributed by atoms with Crippen LogP contribution in [0.25, 0.3) is 21.8 Å². The number of aromatic nitrogens is 3. The Kier molecular flexibility index (Phi) is 5.27. The van der Waals surface area contributed by atoms with Crippen LogP contribution >= 0.6 is 0 Å². The second kappa shape index (κ2) is 8.01. The normalized spacial score (nSPS) is 11.6. The lowest BCUT2D eigenvalue weighted by molar-refractivity contribution is 0.381. The number of nitrogens with zero attached hydrogens (tertiary/aromatic N) is 4. The molecule has 0 aliphatic heterocycles. The minimum absolute atomic E-state index is 0.113. The van der Waals surface area contributed by atoms with E-state index in [0.29, 0.717) is 34.9 Å².